The fraction of sp³-hybridized carbons (Fsp3) is 0.227. The van der Waals surface area contributed by atoms with E-state index < -0.39 is 11.8 Å². The first kappa shape index (κ1) is 21.8. The van der Waals surface area contributed by atoms with Crippen LogP contribution in [0.25, 0.3) is 6.08 Å². The Bertz CT molecular complexity index is 1000. The molecular weight excluding hydrogens is 424 g/mol. The lowest BCUT2D eigenvalue weighted by atomic mass is 10.1. The van der Waals surface area contributed by atoms with Crippen molar-refractivity contribution in [2.45, 2.75) is 19.8 Å². The molecule has 2 aromatic rings. The predicted molar refractivity (Wildman–Crippen MR) is 121 cm³/mol. The van der Waals surface area contributed by atoms with Crippen molar-refractivity contribution in [1.29, 1.82) is 0 Å². The van der Waals surface area contributed by atoms with Crippen LogP contribution < -0.4 is 19.7 Å². The standard InChI is InChI=1S/C22H21ClN2O4S/c1-3-4-11-29-18-10-5-14(13-19(18)28-2)12-17-20(26)24-22(30)25(21(17)27)16-8-6-15(23)7-9-16/h5-10,12-13H,3-4,11H2,1-2H3,(H,24,26,30)/b17-12-. The monoisotopic (exact) mass is 444 g/mol. The average molecular weight is 445 g/mol. The van der Waals surface area contributed by atoms with Crippen molar-refractivity contribution in [2.24, 2.45) is 0 Å². The fourth-order valence-electron chi connectivity index (χ4n) is 2.87. The van der Waals surface area contributed by atoms with Crippen molar-refractivity contribution in [3.05, 3.63) is 58.6 Å². The van der Waals surface area contributed by atoms with Crippen LogP contribution in [0.15, 0.2) is 48.0 Å². The van der Waals surface area contributed by atoms with Crippen LogP contribution in [0, 0.1) is 0 Å². The smallest absolute Gasteiger partial charge is 0.270 e. The minimum Gasteiger partial charge on any atom is -0.493 e. The summed E-state index contributed by atoms with van der Waals surface area (Å²) >= 11 is 11.1. The van der Waals surface area contributed by atoms with Gasteiger partial charge in [-0.25, -0.2) is 0 Å². The van der Waals surface area contributed by atoms with Crippen molar-refractivity contribution in [1.82, 2.24) is 5.32 Å². The van der Waals surface area contributed by atoms with Crippen LogP contribution in [0.1, 0.15) is 25.3 Å². The van der Waals surface area contributed by atoms with Gasteiger partial charge in [0.1, 0.15) is 5.57 Å². The number of nitrogens with zero attached hydrogens (tertiary/aromatic N) is 1. The third kappa shape index (κ3) is 4.80. The van der Waals surface area contributed by atoms with E-state index in [1.807, 2.05) is 0 Å². The molecule has 2 aromatic carbocycles. The van der Waals surface area contributed by atoms with E-state index in [1.165, 1.54) is 18.1 Å². The minimum absolute atomic E-state index is 0.0155. The molecular formula is C22H21ClN2O4S. The highest BCUT2D eigenvalue weighted by Crippen LogP contribution is 2.30. The van der Waals surface area contributed by atoms with Gasteiger partial charge in [-0.05, 0) is 66.7 Å². The van der Waals surface area contributed by atoms with Gasteiger partial charge in [-0.15, -0.1) is 0 Å². The minimum atomic E-state index is -0.558. The maximum absolute atomic E-state index is 13.1. The summed E-state index contributed by atoms with van der Waals surface area (Å²) in [5, 5.41) is 3.10. The van der Waals surface area contributed by atoms with Gasteiger partial charge in [0.2, 0.25) is 0 Å². The Labute approximate surface area is 185 Å². The zero-order valence-corrected chi connectivity index (χ0v) is 18.2. The maximum Gasteiger partial charge on any atom is 0.270 e. The molecule has 1 heterocycles. The van der Waals surface area contributed by atoms with E-state index >= 15 is 0 Å². The molecule has 6 nitrogen and oxygen atoms in total. The molecule has 0 aliphatic carbocycles. The van der Waals surface area contributed by atoms with Gasteiger partial charge in [-0.3, -0.25) is 19.8 Å². The van der Waals surface area contributed by atoms with Gasteiger partial charge in [-0.1, -0.05) is 31.0 Å². The molecule has 1 N–H and O–H groups in total. The molecule has 0 atom stereocenters. The predicted octanol–water partition coefficient (Wildman–Crippen LogP) is 4.36. The number of hydrogen-bond acceptors (Lipinski definition) is 5. The summed E-state index contributed by atoms with van der Waals surface area (Å²) in [5.41, 5.74) is 1.09. The first-order chi connectivity index (χ1) is 14.4. The Morgan fingerprint density at radius 3 is 2.53 bits per heavy atom. The SMILES string of the molecule is CCCCOc1ccc(/C=C2/C(=O)NC(=S)N(c3ccc(Cl)cc3)C2=O)cc1OC. The molecule has 0 unspecified atom stereocenters. The molecule has 3 rings (SSSR count). The summed E-state index contributed by atoms with van der Waals surface area (Å²) in [7, 11) is 1.54. The number of carbonyl (C=O) groups excluding carboxylic acids is 2. The Hall–Kier alpha value is -2.90. The second-order valence-electron chi connectivity index (χ2n) is 6.55. The molecule has 0 bridgehead atoms. The third-order valence-electron chi connectivity index (χ3n) is 4.44. The van der Waals surface area contributed by atoms with Crippen LogP contribution >= 0.6 is 23.8 Å². The maximum atomic E-state index is 13.1. The van der Waals surface area contributed by atoms with E-state index in [2.05, 4.69) is 12.2 Å². The van der Waals surface area contributed by atoms with E-state index in [0.717, 1.165) is 12.8 Å². The number of nitrogens with one attached hydrogen (secondary N) is 1. The van der Waals surface area contributed by atoms with Crippen LogP contribution in [0.2, 0.25) is 5.02 Å². The Morgan fingerprint density at radius 1 is 1.13 bits per heavy atom. The lowest BCUT2D eigenvalue weighted by Crippen LogP contribution is -2.54. The van der Waals surface area contributed by atoms with Crippen molar-refractivity contribution >= 4 is 52.5 Å². The molecule has 1 saturated heterocycles. The van der Waals surface area contributed by atoms with Crippen LogP contribution in [0.4, 0.5) is 5.69 Å². The average Bonchev–Trinajstić information content (AvgIpc) is 2.73. The Kier molecular flexibility index (Phi) is 7.07. The number of carbonyl (C=O) groups is 2. The topological polar surface area (TPSA) is 67.9 Å². The van der Waals surface area contributed by atoms with Crippen LogP contribution in [-0.2, 0) is 9.59 Å². The zero-order chi connectivity index (χ0) is 21.7. The van der Waals surface area contributed by atoms with Gasteiger partial charge in [0, 0.05) is 5.02 Å². The molecule has 1 fully saturated rings. The first-order valence-corrected chi connectivity index (χ1v) is 10.2. The summed E-state index contributed by atoms with van der Waals surface area (Å²) in [6, 6.07) is 11.8. The lowest BCUT2D eigenvalue weighted by Gasteiger charge is -2.29. The number of benzene rings is 2. The fourth-order valence-corrected chi connectivity index (χ4v) is 3.28. The summed E-state index contributed by atoms with van der Waals surface area (Å²) in [5.74, 6) is 0.0523. The molecule has 30 heavy (non-hydrogen) atoms. The number of anilines is 1. The first-order valence-electron chi connectivity index (χ1n) is 9.42. The third-order valence-corrected chi connectivity index (χ3v) is 4.98. The highest BCUT2D eigenvalue weighted by molar-refractivity contribution is 7.80. The highest BCUT2D eigenvalue weighted by atomic mass is 35.5. The molecule has 8 heteroatoms. The van der Waals surface area contributed by atoms with E-state index in [9.17, 15) is 9.59 Å². The second-order valence-corrected chi connectivity index (χ2v) is 7.37. The van der Waals surface area contributed by atoms with E-state index in [4.69, 9.17) is 33.3 Å². The summed E-state index contributed by atoms with van der Waals surface area (Å²) in [6.45, 7) is 2.67. The molecule has 1 aliphatic heterocycles. The van der Waals surface area contributed by atoms with Gasteiger partial charge < -0.3 is 9.47 Å². The number of amides is 2. The number of halogens is 1. The second kappa shape index (κ2) is 9.73. The molecule has 0 aromatic heterocycles. The van der Waals surface area contributed by atoms with Crippen molar-refractivity contribution < 1.29 is 19.1 Å². The van der Waals surface area contributed by atoms with E-state index in [1.54, 1.807) is 42.5 Å². The van der Waals surface area contributed by atoms with E-state index in [-0.39, 0.29) is 10.7 Å². The molecule has 0 radical (unpaired) electrons. The van der Waals surface area contributed by atoms with Crippen molar-refractivity contribution in [3.8, 4) is 11.5 Å². The normalized spacial score (nSPS) is 15.4. The number of ether oxygens (including phenoxy) is 2. The molecule has 2 amide bonds. The van der Waals surface area contributed by atoms with Crippen molar-refractivity contribution in [3.63, 3.8) is 0 Å². The number of thiocarbonyl (C=S) groups is 1. The number of hydrogen-bond donors (Lipinski definition) is 1. The van der Waals surface area contributed by atoms with E-state index in [0.29, 0.717) is 34.4 Å². The number of rotatable bonds is 7. The molecule has 156 valence electrons. The van der Waals surface area contributed by atoms with Gasteiger partial charge in [-0.2, -0.15) is 0 Å². The summed E-state index contributed by atoms with van der Waals surface area (Å²) in [6.07, 6.45) is 3.46. The Morgan fingerprint density at radius 2 is 1.87 bits per heavy atom. The number of methoxy groups -OCH3 is 1. The molecule has 1 aliphatic rings. The molecule has 0 spiro atoms. The molecule has 0 saturated carbocycles. The largest absolute Gasteiger partial charge is 0.493 e. The zero-order valence-electron chi connectivity index (χ0n) is 16.6. The van der Waals surface area contributed by atoms with Crippen LogP contribution in [-0.4, -0.2) is 30.6 Å². The van der Waals surface area contributed by atoms with Gasteiger partial charge in [0.05, 0.1) is 19.4 Å². The number of unbranched alkanes of at least 4 members (excludes halogenated alkanes) is 1. The van der Waals surface area contributed by atoms with Crippen LogP contribution in [0.5, 0.6) is 11.5 Å². The van der Waals surface area contributed by atoms with Gasteiger partial charge in [0.25, 0.3) is 11.8 Å². The van der Waals surface area contributed by atoms with Gasteiger partial charge >= 0.3 is 0 Å². The van der Waals surface area contributed by atoms with Crippen molar-refractivity contribution in [2.75, 3.05) is 18.6 Å². The van der Waals surface area contributed by atoms with Crippen LogP contribution in [0.3, 0.4) is 0 Å². The summed E-state index contributed by atoms with van der Waals surface area (Å²) in [4.78, 5) is 26.8. The Balaban J connectivity index is 1.91. The summed E-state index contributed by atoms with van der Waals surface area (Å²) < 4.78 is 11.1. The lowest BCUT2D eigenvalue weighted by molar-refractivity contribution is -0.122. The quantitative estimate of drug-likeness (QED) is 0.297. The van der Waals surface area contributed by atoms with Gasteiger partial charge in [0.15, 0.2) is 16.6 Å². The highest BCUT2D eigenvalue weighted by Gasteiger charge is 2.34.